The molecule has 0 saturated carbocycles. The molecule has 0 unspecified atom stereocenters. The van der Waals surface area contributed by atoms with E-state index in [9.17, 15) is 9.59 Å². The van der Waals surface area contributed by atoms with E-state index < -0.39 is 16.6 Å². The SMILES string of the molecule is O=C1Nc2c(Cl)cccc2C(=O)[C@@]1(Cl)c1ccccc1. The third-order valence-electron chi connectivity index (χ3n) is 3.29. The Kier molecular flexibility index (Phi) is 3.04. The van der Waals surface area contributed by atoms with E-state index in [1.807, 2.05) is 0 Å². The fourth-order valence-electron chi connectivity index (χ4n) is 2.26. The van der Waals surface area contributed by atoms with Crippen molar-refractivity contribution in [3.63, 3.8) is 0 Å². The van der Waals surface area contributed by atoms with Gasteiger partial charge in [0.15, 0.2) is 5.78 Å². The van der Waals surface area contributed by atoms with Crippen molar-refractivity contribution in [3.8, 4) is 0 Å². The Balaban J connectivity index is 2.21. The monoisotopic (exact) mass is 305 g/mol. The fourth-order valence-corrected chi connectivity index (χ4v) is 2.76. The van der Waals surface area contributed by atoms with Gasteiger partial charge in [0, 0.05) is 5.56 Å². The van der Waals surface area contributed by atoms with E-state index in [1.165, 1.54) is 0 Å². The van der Waals surface area contributed by atoms with Crippen LogP contribution in [0.1, 0.15) is 15.9 Å². The second-order valence-corrected chi connectivity index (χ2v) is 5.44. The summed E-state index contributed by atoms with van der Waals surface area (Å²) >= 11 is 12.4. The number of hydrogen-bond donors (Lipinski definition) is 1. The summed E-state index contributed by atoms with van der Waals surface area (Å²) in [6.45, 7) is 0. The van der Waals surface area contributed by atoms with Crippen LogP contribution >= 0.6 is 23.2 Å². The van der Waals surface area contributed by atoms with E-state index in [4.69, 9.17) is 23.2 Å². The lowest BCUT2D eigenvalue weighted by molar-refractivity contribution is -0.117. The van der Waals surface area contributed by atoms with Crippen LogP contribution in [-0.2, 0) is 9.67 Å². The lowest BCUT2D eigenvalue weighted by Crippen LogP contribution is -2.46. The highest BCUT2D eigenvalue weighted by atomic mass is 35.5. The fraction of sp³-hybridized carbons (Fsp3) is 0.0667. The summed E-state index contributed by atoms with van der Waals surface area (Å²) in [4.78, 5) is 23.2. The molecule has 0 fully saturated rings. The molecule has 0 aliphatic carbocycles. The number of fused-ring (bicyclic) bond motifs is 1. The minimum Gasteiger partial charge on any atom is -0.322 e. The summed E-state index contributed by atoms with van der Waals surface area (Å²) in [5.41, 5.74) is 1.07. The second-order valence-electron chi connectivity index (χ2n) is 4.47. The largest absolute Gasteiger partial charge is 0.322 e. The van der Waals surface area contributed by atoms with Crippen molar-refractivity contribution in [3.05, 3.63) is 64.7 Å². The van der Waals surface area contributed by atoms with Crippen LogP contribution in [0.2, 0.25) is 5.02 Å². The molecule has 1 aliphatic heterocycles. The molecule has 1 atom stereocenters. The molecule has 0 spiro atoms. The Labute approximate surface area is 125 Å². The maximum absolute atomic E-state index is 12.7. The van der Waals surface area contributed by atoms with Crippen molar-refractivity contribution in [2.45, 2.75) is 4.87 Å². The zero-order valence-corrected chi connectivity index (χ0v) is 11.7. The number of carbonyl (C=O) groups excluding carboxylic acids is 2. The number of amides is 1. The predicted octanol–water partition coefficient (Wildman–Crippen LogP) is 3.61. The Bertz CT molecular complexity index is 715. The van der Waals surface area contributed by atoms with Crippen LogP contribution in [0.15, 0.2) is 48.5 Å². The maximum Gasteiger partial charge on any atom is 0.258 e. The Morgan fingerprint density at radius 3 is 2.35 bits per heavy atom. The van der Waals surface area contributed by atoms with Crippen molar-refractivity contribution in [1.82, 2.24) is 0 Å². The number of halogens is 2. The zero-order chi connectivity index (χ0) is 14.3. The molecular formula is C15H9Cl2NO2. The zero-order valence-electron chi connectivity index (χ0n) is 10.2. The summed E-state index contributed by atoms with van der Waals surface area (Å²) in [5, 5.41) is 2.94. The average Bonchev–Trinajstić information content (AvgIpc) is 2.47. The quantitative estimate of drug-likeness (QED) is 0.646. The molecule has 1 N–H and O–H groups in total. The molecule has 1 heterocycles. The third-order valence-corrected chi connectivity index (χ3v) is 4.17. The van der Waals surface area contributed by atoms with Gasteiger partial charge in [-0.1, -0.05) is 59.6 Å². The predicted molar refractivity (Wildman–Crippen MR) is 78.4 cm³/mol. The van der Waals surface area contributed by atoms with E-state index in [-0.39, 0.29) is 0 Å². The average molecular weight is 306 g/mol. The number of carbonyl (C=O) groups is 2. The number of ketones is 1. The Morgan fingerprint density at radius 2 is 1.65 bits per heavy atom. The molecule has 20 heavy (non-hydrogen) atoms. The van der Waals surface area contributed by atoms with E-state index in [1.54, 1.807) is 48.5 Å². The number of hydrogen-bond acceptors (Lipinski definition) is 2. The van der Waals surface area contributed by atoms with Gasteiger partial charge in [0.1, 0.15) is 0 Å². The Morgan fingerprint density at radius 1 is 0.950 bits per heavy atom. The van der Waals surface area contributed by atoms with E-state index in [0.717, 1.165) is 0 Å². The van der Waals surface area contributed by atoms with Crippen LogP contribution in [0.4, 0.5) is 5.69 Å². The molecule has 2 aromatic carbocycles. The minimum absolute atomic E-state index is 0.316. The number of Topliss-reactive ketones (excluding diaryl/α,β-unsaturated/α-hetero) is 1. The number of para-hydroxylation sites is 1. The van der Waals surface area contributed by atoms with Gasteiger partial charge in [-0.05, 0) is 17.7 Å². The number of rotatable bonds is 1. The molecule has 3 rings (SSSR count). The van der Waals surface area contributed by atoms with Crippen LogP contribution in [0.25, 0.3) is 0 Å². The lowest BCUT2D eigenvalue weighted by Gasteiger charge is -2.31. The van der Waals surface area contributed by atoms with Crippen molar-refractivity contribution in [1.29, 1.82) is 0 Å². The van der Waals surface area contributed by atoms with Crippen molar-refractivity contribution in [2.75, 3.05) is 5.32 Å². The van der Waals surface area contributed by atoms with Crippen LogP contribution in [0.3, 0.4) is 0 Å². The molecule has 0 saturated heterocycles. The van der Waals surface area contributed by atoms with Gasteiger partial charge in [-0.15, -0.1) is 0 Å². The lowest BCUT2D eigenvalue weighted by atomic mass is 9.85. The second kappa shape index (κ2) is 4.62. The summed E-state index contributed by atoms with van der Waals surface area (Å²) in [7, 11) is 0. The normalized spacial score (nSPS) is 21.3. The molecule has 5 heteroatoms. The summed E-state index contributed by atoms with van der Waals surface area (Å²) in [6, 6.07) is 13.4. The highest BCUT2D eigenvalue weighted by Gasteiger charge is 2.50. The highest BCUT2D eigenvalue weighted by molar-refractivity contribution is 6.52. The first-order valence-corrected chi connectivity index (χ1v) is 6.70. The standard InChI is InChI=1S/C15H9Cl2NO2/c16-11-8-4-7-10-12(11)18-14(20)15(17,13(10)19)9-5-2-1-3-6-9/h1-8H,(H,18,20)/t15-/m0/s1. The van der Waals surface area contributed by atoms with Gasteiger partial charge < -0.3 is 5.32 Å². The molecule has 2 aromatic rings. The van der Waals surface area contributed by atoms with Crippen molar-refractivity contribution >= 4 is 40.6 Å². The van der Waals surface area contributed by atoms with Gasteiger partial charge in [0.05, 0.1) is 10.7 Å². The molecular weight excluding hydrogens is 297 g/mol. The summed E-state index contributed by atoms with van der Waals surface area (Å²) in [5.74, 6) is -1.05. The number of nitrogens with one attached hydrogen (secondary N) is 1. The van der Waals surface area contributed by atoms with Crippen LogP contribution < -0.4 is 5.32 Å². The molecule has 3 nitrogen and oxygen atoms in total. The first-order chi connectivity index (χ1) is 9.55. The van der Waals surface area contributed by atoms with Crippen molar-refractivity contribution in [2.24, 2.45) is 0 Å². The molecule has 0 radical (unpaired) electrons. The van der Waals surface area contributed by atoms with Gasteiger partial charge in [-0.2, -0.15) is 0 Å². The minimum atomic E-state index is -1.75. The first-order valence-electron chi connectivity index (χ1n) is 5.94. The number of benzene rings is 2. The highest BCUT2D eigenvalue weighted by Crippen LogP contribution is 2.42. The number of alkyl halides is 1. The van der Waals surface area contributed by atoms with Gasteiger partial charge >= 0.3 is 0 Å². The molecule has 0 aromatic heterocycles. The topological polar surface area (TPSA) is 46.2 Å². The number of anilines is 1. The first kappa shape index (κ1) is 13.2. The molecule has 1 amide bonds. The van der Waals surface area contributed by atoms with Crippen LogP contribution in [-0.4, -0.2) is 11.7 Å². The van der Waals surface area contributed by atoms with Crippen molar-refractivity contribution < 1.29 is 9.59 Å². The van der Waals surface area contributed by atoms with Gasteiger partial charge in [0.25, 0.3) is 5.91 Å². The molecule has 100 valence electrons. The smallest absolute Gasteiger partial charge is 0.258 e. The van der Waals surface area contributed by atoms with Gasteiger partial charge in [-0.3, -0.25) is 9.59 Å². The van der Waals surface area contributed by atoms with E-state index in [2.05, 4.69) is 5.32 Å². The third kappa shape index (κ3) is 1.74. The Hall–Kier alpha value is -1.84. The molecule has 0 bridgehead atoms. The van der Waals surface area contributed by atoms with E-state index >= 15 is 0 Å². The van der Waals surface area contributed by atoms with Gasteiger partial charge in [-0.25, -0.2) is 0 Å². The van der Waals surface area contributed by atoms with Gasteiger partial charge in [0.2, 0.25) is 4.87 Å². The van der Waals surface area contributed by atoms with Crippen LogP contribution in [0, 0.1) is 0 Å². The van der Waals surface area contributed by atoms with Crippen LogP contribution in [0.5, 0.6) is 0 Å². The van der Waals surface area contributed by atoms with E-state index in [0.29, 0.717) is 21.8 Å². The summed E-state index contributed by atoms with van der Waals surface area (Å²) in [6.07, 6.45) is 0. The molecule has 1 aliphatic rings. The maximum atomic E-state index is 12.7. The summed E-state index contributed by atoms with van der Waals surface area (Å²) < 4.78 is 0.